The summed E-state index contributed by atoms with van der Waals surface area (Å²) < 4.78 is 5.95. The Morgan fingerprint density at radius 2 is 2.33 bits per heavy atom. The number of rotatable bonds is 7. The summed E-state index contributed by atoms with van der Waals surface area (Å²) in [5, 5.41) is 13.8. The molecule has 1 aromatic rings. The molecule has 18 heavy (non-hydrogen) atoms. The van der Waals surface area contributed by atoms with Crippen molar-refractivity contribution in [2.24, 2.45) is 0 Å². The van der Waals surface area contributed by atoms with Gasteiger partial charge in [0.1, 0.15) is 0 Å². The normalized spacial score (nSPS) is 10.1. The van der Waals surface area contributed by atoms with E-state index in [0.29, 0.717) is 23.3 Å². The highest BCUT2D eigenvalue weighted by atomic mass is 127. The summed E-state index contributed by atoms with van der Waals surface area (Å²) in [6.07, 6.45) is 0. The standard InChI is InChI=1S/C12H15IN2O3/c1-9(2)8-18-6-5-14-10-3-4-12(15(16)17)11(13)7-10/h3-4,7,14H,1,5-6,8H2,2H3. The topological polar surface area (TPSA) is 64.4 Å². The van der Waals surface area contributed by atoms with Crippen molar-refractivity contribution < 1.29 is 9.66 Å². The fourth-order valence-corrected chi connectivity index (χ4v) is 1.99. The lowest BCUT2D eigenvalue weighted by molar-refractivity contribution is -0.385. The molecule has 0 aliphatic rings. The Hall–Kier alpha value is -1.15. The molecule has 0 unspecified atom stereocenters. The van der Waals surface area contributed by atoms with Crippen LogP contribution in [0.3, 0.4) is 0 Å². The average molecular weight is 362 g/mol. The second-order valence-corrected chi connectivity index (χ2v) is 5.02. The van der Waals surface area contributed by atoms with Gasteiger partial charge in [0.15, 0.2) is 0 Å². The predicted molar refractivity (Wildman–Crippen MR) is 79.9 cm³/mol. The SMILES string of the molecule is C=C(C)COCCNc1ccc([N+](=O)[O-])c(I)c1. The summed E-state index contributed by atoms with van der Waals surface area (Å²) >= 11 is 1.95. The van der Waals surface area contributed by atoms with Crippen LogP contribution in [0.2, 0.25) is 0 Å². The Morgan fingerprint density at radius 3 is 2.89 bits per heavy atom. The molecule has 0 saturated heterocycles. The molecule has 6 heteroatoms. The molecule has 0 saturated carbocycles. The van der Waals surface area contributed by atoms with E-state index in [1.54, 1.807) is 12.1 Å². The zero-order valence-electron chi connectivity index (χ0n) is 10.1. The molecule has 0 aliphatic heterocycles. The van der Waals surface area contributed by atoms with Gasteiger partial charge in [0.05, 0.1) is 21.7 Å². The van der Waals surface area contributed by atoms with Crippen LogP contribution in [0.5, 0.6) is 0 Å². The number of hydrogen-bond donors (Lipinski definition) is 1. The van der Waals surface area contributed by atoms with Gasteiger partial charge in [-0.2, -0.15) is 0 Å². The first kappa shape index (κ1) is 14.9. The highest BCUT2D eigenvalue weighted by molar-refractivity contribution is 14.1. The van der Waals surface area contributed by atoms with Gasteiger partial charge in [0.2, 0.25) is 0 Å². The maximum Gasteiger partial charge on any atom is 0.282 e. The second-order valence-electron chi connectivity index (χ2n) is 3.86. The monoisotopic (exact) mass is 362 g/mol. The first-order chi connectivity index (χ1) is 8.50. The van der Waals surface area contributed by atoms with E-state index in [1.807, 2.05) is 29.5 Å². The average Bonchev–Trinajstić information content (AvgIpc) is 2.27. The van der Waals surface area contributed by atoms with Gasteiger partial charge < -0.3 is 10.1 Å². The number of benzene rings is 1. The molecule has 98 valence electrons. The molecule has 0 heterocycles. The lowest BCUT2D eigenvalue weighted by atomic mass is 10.3. The van der Waals surface area contributed by atoms with Gasteiger partial charge in [-0.25, -0.2) is 0 Å². The zero-order valence-corrected chi connectivity index (χ0v) is 12.3. The van der Waals surface area contributed by atoms with Gasteiger partial charge in [-0.15, -0.1) is 0 Å². The highest BCUT2D eigenvalue weighted by Crippen LogP contribution is 2.23. The summed E-state index contributed by atoms with van der Waals surface area (Å²) in [7, 11) is 0. The molecule has 1 N–H and O–H groups in total. The van der Waals surface area contributed by atoms with Gasteiger partial charge >= 0.3 is 0 Å². The van der Waals surface area contributed by atoms with Crippen molar-refractivity contribution in [3.05, 3.63) is 44.0 Å². The molecule has 0 aromatic heterocycles. The van der Waals surface area contributed by atoms with Crippen molar-refractivity contribution in [2.75, 3.05) is 25.1 Å². The number of halogens is 1. The van der Waals surface area contributed by atoms with Crippen LogP contribution in [-0.4, -0.2) is 24.7 Å². The van der Waals surface area contributed by atoms with Crippen LogP contribution < -0.4 is 5.32 Å². The molecule has 0 fully saturated rings. The minimum absolute atomic E-state index is 0.125. The van der Waals surface area contributed by atoms with Gasteiger partial charge in [0.25, 0.3) is 5.69 Å². The number of hydrogen-bond acceptors (Lipinski definition) is 4. The van der Waals surface area contributed by atoms with E-state index in [9.17, 15) is 10.1 Å². The number of anilines is 1. The number of nitrogens with zero attached hydrogens (tertiary/aromatic N) is 1. The molecule has 1 aromatic carbocycles. The van der Waals surface area contributed by atoms with Crippen LogP contribution in [0, 0.1) is 13.7 Å². The van der Waals surface area contributed by atoms with E-state index in [4.69, 9.17) is 4.74 Å². The molecule has 0 amide bonds. The fourth-order valence-electron chi connectivity index (χ4n) is 1.28. The molecule has 1 rings (SSSR count). The van der Waals surface area contributed by atoms with Crippen LogP contribution in [0.4, 0.5) is 11.4 Å². The third-order valence-corrected chi connectivity index (χ3v) is 2.93. The molecule has 0 radical (unpaired) electrons. The predicted octanol–water partition coefficient (Wildman–Crippen LogP) is 3.20. The Morgan fingerprint density at radius 1 is 1.61 bits per heavy atom. The summed E-state index contributed by atoms with van der Waals surface area (Å²) in [5.41, 5.74) is 1.96. The van der Waals surface area contributed by atoms with Gasteiger partial charge in [0, 0.05) is 18.3 Å². The van der Waals surface area contributed by atoms with E-state index in [-0.39, 0.29) is 10.6 Å². The molecular formula is C12H15IN2O3. The maximum absolute atomic E-state index is 10.6. The van der Waals surface area contributed by atoms with Crippen molar-refractivity contribution in [3.8, 4) is 0 Å². The van der Waals surface area contributed by atoms with Crippen LogP contribution in [-0.2, 0) is 4.74 Å². The summed E-state index contributed by atoms with van der Waals surface area (Å²) in [4.78, 5) is 10.3. The van der Waals surface area contributed by atoms with E-state index < -0.39 is 0 Å². The molecule has 0 aliphatic carbocycles. The van der Waals surface area contributed by atoms with Crippen LogP contribution in [0.15, 0.2) is 30.4 Å². The van der Waals surface area contributed by atoms with E-state index in [2.05, 4.69) is 11.9 Å². The smallest absolute Gasteiger partial charge is 0.282 e. The van der Waals surface area contributed by atoms with E-state index >= 15 is 0 Å². The molecule has 0 spiro atoms. The Labute approximate surface area is 120 Å². The Balaban J connectivity index is 2.42. The molecule has 5 nitrogen and oxygen atoms in total. The molecule has 0 bridgehead atoms. The summed E-state index contributed by atoms with van der Waals surface area (Å²) in [6, 6.07) is 4.94. The van der Waals surface area contributed by atoms with E-state index in [0.717, 1.165) is 11.3 Å². The quantitative estimate of drug-likeness (QED) is 0.266. The third-order valence-electron chi connectivity index (χ3n) is 2.07. The van der Waals surface area contributed by atoms with Gasteiger partial charge in [-0.1, -0.05) is 12.2 Å². The minimum atomic E-state index is -0.387. The van der Waals surface area contributed by atoms with Crippen molar-refractivity contribution in [1.82, 2.24) is 0 Å². The maximum atomic E-state index is 10.6. The number of nitrogens with one attached hydrogen (secondary N) is 1. The highest BCUT2D eigenvalue weighted by Gasteiger charge is 2.10. The zero-order chi connectivity index (χ0) is 13.5. The Kier molecular flexibility index (Phi) is 6.06. The second kappa shape index (κ2) is 7.32. The van der Waals surface area contributed by atoms with Crippen LogP contribution in [0.25, 0.3) is 0 Å². The van der Waals surface area contributed by atoms with Crippen LogP contribution >= 0.6 is 22.6 Å². The first-order valence-electron chi connectivity index (χ1n) is 5.40. The third kappa shape index (κ3) is 5.01. The van der Waals surface area contributed by atoms with Crippen molar-refractivity contribution in [1.29, 1.82) is 0 Å². The van der Waals surface area contributed by atoms with Crippen LogP contribution in [0.1, 0.15) is 6.92 Å². The summed E-state index contributed by atoms with van der Waals surface area (Å²) in [6.45, 7) is 7.43. The van der Waals surface area contributed by atoms with Crippen molar-refractivity contribution in [3.63, 3.8) is 0 Å². The van der Waals surface area contributed by atoms with Gasteiger partial charge in [-0.05, 0) is 41.6 Å². The Bertz CT molecular complexity index is 449. The molecule has 0 atom stereocenters. The number of ether oxygens (including phenoxy) is 1. The molecular weight excluding hydrogens is 347 g/mol. The lowest BCUT2D eigenvalue weighted by Crippen LogP contribution is -2.10. The lowest BCUT2D eigenvalue weighted by Gasteiger charge is -2.07. The fraction of sp³-hybridized carbons (Fsp3) is 0.333. The summed E-state index contributed by atoms with van der Waals surface area (Å²) in [5.74, 6) is 0. The number of nitro benzene ring substituents is 1. The van der Waals surface area contributed by atoms with E-state index in [1.165, 1.54) is 6.07 Å². The minimum Gasteiger partial charge on any atom is -0.383 e. The van der Waals surface area contributed by atoms with Crippen molar-refractivity contribution in [2.45, 2.75) is 6.92 Å². The number of nitro groups is 1. The van der Waals surface area contributed by atoms with Gasteiger partial charge in [-0.3, -0.25) is 10.1 Å². The van der Waals surface area contributed by atoms with Crippen molar-refractivity contribution >= 4 is 34.0 Å². The first-order valence-corrected chi connectivity index (χ1v) is 6.48. The largest absolute Gasteiger partial charge is 0.383 e.